The number of imide groups is 1. The Morgan fingerprint density at radius 3 is 2.76 bits per heavy atom. The highest BCUT2D eigenvalue weighted by atomic mass is 79.9. The molecule has 1 heterocycles. The Morgan fingerprint density at radius 2 is 2.12 bits per heavy atom. The summed E-state index contributed by atoms with van der Waals surface area (Å²) < 4.78 is 11.3. The van der Waals surface area contributed by atoms with Gasteiger partial charge in [-0.15, -0.1) is 0 Å². The molecule has 0 radical (unpaired) electrons. The summed E-state index contributed by atoms with van der Waals surface area (Å²) in [4.78, 5) is 37.8. The van der Waals surface area contributed by atoms with Crippen molar-refractivity contribution >= 4 is 33.9 Å². The molecule has 1 saturated heterocycles. The fourth-order valence-electron chi connectivity index (χ4n) is 3.16. The predicted octanol–water partition coefficient (Wildman–Crippen LogP) is 2.40. The van der Waals surface area contributed by atoms with Crippen LogP contribution >= 0.6 is 15.9 Å². The van der Waals surface area contributed by atoms with Gasteiger partial charge in [-0.05, 0) is 38.5 Å². The molecule has 1 aliphatic carbocycles. The number of rotatable bonds is 2. The normalized spacial score (nSPS) is 25.3. The number of carbonyl (C=O) groups excluding carboxylic acids is 3. The van der Waals surface area contributed by atoms with Crippen molar-refractivity contribution in [2.75, 3.05) is 6.54 Å². The molecule has 2 atom stereocenters. The molecule has 2 amide bonds. The van der Waals surface area contributed by atoms with Crippen LogP contribution in [-0.4, -0.2) is 40.1 Å². The Kier molecular flexibility index (Phi) is 4.15. The number of hydrogen-bond acceptors (Lipinski definition) is 6. The van der Waals surface area contributed by atoms with Crippen LogP contribution in [0.25, 0.3) is 0 Å². The molecule has 0 bridgehead atoms. The number of aliphatic hydroxyl groups excluding tert-OH is 1. The minimum atomic E-state index is -1.59. The maximum atomic E-state index is 12.9. The molecule has 25 heavy (non-hydrogen) atoms. The maximum absolute atomic E-state index is 12.9. The number of amides is 2. The standard InChI is InChI=1S/C17H18BrNO6/c1-16(2,3)24-13(21)8-19-14(22)17(25-15(19)23)7-12(20)10-6-9(18)4-5-11(10)17/h4-6,12,20H,7-8H2,1-3H3/t12-,17-/m0/s1. The van der Waals surface area contributed by atoms with Gasteiger partial charge < -0.3 is 14.6 Å². The van der Waals surface area contributed by atoms with Gasteiger partial charge >= 0.3 is 12.1 Å². The number of esters is 1. The molecule has 8 heteroatoms. The molecule has 0 aromatic heterocycles. The van der Waals surface area contributed by atoms with Gasteiger partial charge in [0.15, 0.2) is 0 Å². The van der Waals surface area contributed by atoms with E-state index < -0.39 is 41.8 Å². The van der Waals surface area contributed by atoms with E-state index in [-0.39, 0.29) is 6.42 Å². The second-order valence-electron chi connectivity index (χ2n) is 7.12. The van der Waals surface area contributed by atoms with Gasteiger partial charge in [0.25, 0.3) is 5.91 Å². The van der Waals surface area contributed by atoms with Crippen LogP contribution in [0, 0.1) is 0 Å². The van der Waals surface area contributed by atoms with Crippen LogP contribution < -0.4 is 0 Å². The van der Waals surface area contributed by atoms with Gasteiger partial charge in [-0.1, -0.05) is 22.0 Å². The first-order valence-corrected chi connectivity index (χ1v) is 8.57. The maximum Gasteiger partial charge on any atom is 0.418 e. The summed E-state index contributed by atoms with van der Waals surface area (Å²) in [6, 6.07) is 5.03. The molecule has 1 N–H and O–H groups in total. The largest absolute Gasteiger partial charge is 0.459 e. The second kappa shape index (κ2) is 5.81. The van der Waals surface area contributed by atoms with Crippen molar-refractivity contribution in [3.05, 3.63) is 33.8 Å². The molecule has 1 spiro atoms. The lowest BCUT2D eigenvalue weighted by Crippen LogP contribution is -2.41. The number of halogens is 1. The third-order valence-electron chi connectivity index (χ3n) is 4.07. The van der Waals surface area contributed by atoms with E-state index in [0.29, 0.717) is 11.1 Å². The third kappa shape index (κ3) is 3.04. The topological polar surface area (TPSA) is 93.1 Å². The van der Waals surface area contributed by atoms with E-state index in [1.807, 2.05) is 0 Å². The number of benzene rings is 1. The number of carbonyl (C=O) groups is 3. The molecule has 2 aliphatic rings. The van der Waals surface area contributed by atoms with Gasteiger partial charge in [0, 0.05) is 16.5 Å². The Bertz CT molecular complexity index is 771. The number of aliphatic hydroxyl groups is 1. The fraction of sp³-hybridized carbons (Fsp3) is 0.471. The molecule has 0 unspecified atom stereocenters. The summed E-state index contributed by atoms with van der Waals surface area (Å²) in [6.45, 7) is 4.55. The lowest BCUT2D eigenvalue weighted by molar-refractivity contribution is -0.157. The Labute approximate surface area is 153 Å². The number of fused-ring (bicyclic) bond motifs is 2. The molecule has 1 fully saturated rings. The van der Waals surface area contributed by atoms with Crippen molar-refractivity contribution in [1.29, 1.82) is 0 Å². The number of nitrogens with zero attached hydrogens (tertiary/aromatic N) is 1. The van der Waals surface area contributed by atoms with Crippen LogP contribution in [0.1, 0.15) is 44.4 Å². The van der Waals surface area contributed by atoms with Gasteiger partial charge in [-0.2, -0.15) is 0 Å². The first-order valence-electron chi connectivity index (χ1n) is 7.78. The average molecular weight is 412 g/mol. The van der Waals surface area contributed by atoms with Crippen LogP contribution in [0.15, 0.2) is 22.7 Å². The van der Waals surface area contributed by atoms with Crippen LogP contribution in [0.3, 0.4) is 0 Å². The molecule has 1 aromatic carbocycles. The van der Waals surface area contributed by atoms with Crippen molar-refractivity contribution in [3.8, 4) is 0 Å². The van der Waals surface area contributed by atoms with Gasteiger partial charge in [-0.3, -0.25) is 9.59 Å². The molecular formula is C17H18BrNO6. The van der Waals surface area contributed by atoms with E-state index in [1.54, 1.807) is 39.0 Å². The summed E-state index contributed by atoms with van der Waals surface area (Å²) in [7, 11) is 0. The molecule has 3 rings (SSSR count). The molecule has 7 nitrogen and oxygen atoms in total. The highest BCUT2D eigenvalue weighted by molar-refractivity contribution is 9.10. The highest BCUT2D eigenvalue weighted by Gasteiger charge is 2.60. The smallest absolute Gasteiger partial charge is 0.418 e. The van der Waals surface area contributed by atoms with Gasteiger partial charge in [0.1, 0.15) is 12.1 Å². The Hall–Kier alpha value is -1.93. The van der Waals surface area contributed by atoms with E-state index in [2.05, 4.69) is 15.9 Å². The third-order valence-corrected chi connectivity index (χ3v) is 4.56. The van der Waals surface area contributed by atoms with Crippen molar-refractivity contribution in [3.63, 3.8) is 0 Å². The Morgan fingerprint density at radius 1 is 1.44 bits per heavy atom. The van der Waals surface area contributed by atoms with Crippen molar-refractivity contribution < 1.29 is 29.0 Å². The minimum Gasteiger partial charge on any atom is -0.459 e. The van der Waals surface area contributed by atoms with E-state index in [4.69, 9.17) is 9.47 Å². The second-order valence-corrected chi connectivity index (χ2v) is 8.04. The first kappa shape index (κ1) is 17.9. The van der Waals surface area contributed by atoms with Crippen LogP contribution in [-0.2, 0) is 24.7 Å². The zero-order chi connectivity index (χ0) is 18.6. The Balaban J connectivity index is 1.89. The molecule has 134 valence electrons. The monoisotopic (exact) mass is 411 g/mol. The lowest BCUT2D eigenvalue weighted by atomic mass is 9.95. The van der Waals surface area contributed by atoms with Gasteiger partial charge in [0.05, 0.1) is 6.10 Å². The first-order chi connectivity index (χ1) is 11.5. The average Bonchev–Trinajstić information content (AvgIpc) is 2.86. The van der Waals surface area contributed by atoms with Gasteiger partial charge in [-0.25, -0.2) is 9.69 Å². The number of hydrogen-bond donors (Lipinski definition) is 1. The van der Waals surface area contributed by atoms with Gasteiger partial charge in [0.2, 0.25) is 5.60 Å². The molecular weight excluding hydrogens is 394 g/mol. The SMILES string of the molecule is CC(C)(C)OC(=O)CN1C(=O)O[C@]2(C[C@H](O)c3cc(Br)ccc32)C1=O. The quantitative estimate of drug-likeness (QED) is 0.750. The molecule has 1 aliphatic heterocycles. The molecule has 0 saturated carbocycles. The minimum absolute atomic E-state index is 0.0752. The van der Waals surface area contributed by atoms with Crippen LogP contribution in [0.5, 0.6) is 0 Å². The van der Waals surface area contributed by atoms with Crippen LogP contribution in [0.2, 0.25) is 0 Å². The zero-order valence-corrected chi connectivity index (χ0v) is 15.6. The van der Waals surface area contributed by atoms with E-state index in [0.717, 1.165) is 9.37 Å². The van der Waals surface area contributed by atoms with E-state index in [1.165, 1.54) is 0 Å². The highest BCUT2D eigenvalue weighted by Crippen LogP contribution is 2.50. The van der Waals surface area contributed by atoms with E-state index in [9.17, 15) is 19.5 Å². The van der Waals surface area contributed by atoms with Crippen molar-refractivity contribution in [2.24, 2.45) is 0 Å². The predicted molar refractivity (Wildman–Crippen MR) is 89.4 cm³/mol. The summed E-state index contributed by atoms with van der Waals surface area (Å²) in [6.07, 6.45) is -1.93. The lowest BCUT2D eigenvalue weighted by Gasteiger charge is -2.22. The van der Waals surface area contributed by atoms with Crippen LogP contribution in [0.4, 0.5) is 4.79 Å². The summed E-state index contributed by atoms with van der Waals surface area (Å²) in [5.74, 6) is -1.37. The summed E-state index contributed by atoms with van der Waals surface area (Å²) in [5.41, 5.74) is -1.36. The summed E-state index contributed by atoms with van der Waals surface area (Å²) in [5, 5.41) is 10.3. The number of ether oxygens (including phenoxy) is 2. The van der Waals surface area contributed by atoms with E-state index >= 15 is 0 Å². The zero-order valence-electron chi connectivity index (χ0n) is 14.0. The fourth-order valence-corrected chi connectivity index (χ4v) is 3.54. The summed E-state index contributed by atoms with van der Waals surface area (Å²) >= 11 is 3.31. The van der Waals surface area contributed by atoms with Crippen molar-refractivity contribution in [1.82, 2.24) is 4.90 Å². The van der Waals surface area contributed by atoms with Crippen molar-refractivity contribution in [2.45, 2.75) is 44.5 Å². The molecule has 1 aromatic rings.